The van der Waals surface area contributed by atoms with Crippen LogP contribution in [0.15, 0.2) is 41.0 Å². The summed E-state index contributed by atoms with van der Waals surface area (Å²) in [5.74, 6) is -0.299. The molecular weight excluding hydrogens is 282 g/mol. The lowest BCUT2D eigenvalue weighted by Gasteiger charge is -2.08. The summed E-state index contributed by atoms with van der Waals surface area (Å²) >= 11 is -2.23. The molecule has 1 aromatic heterocycles. The van der Waals surface area contributed by atoms with Crippen LogP contribution in [-0.4, -0.2) is 19.8 Å². The van der Waals surface area contributed by atoms with Crippen LogP contribution in [0.3, 0.4) is 0 Å². The van der Waals surface area contributed by atoms with Crippen molar-refractivity contribution >= 4 is 22.9 Å². The first-order chi connectivity index (χ1) is 9.56. The number of carboxylic acids is 1. The maximum absolute atomic E-state index is 11.2. The number of nitrogens with one attached hydrogen (secondary N) is 1. The third-order valence-corrected chi connectivity index (χ3v) is 3.18. The van der Waals surface area contributed by atoms with Crippen molar-refractivity contribution in [2.75, 3.05) is 4.72 Å². The zero-order valence-electron chi connectivity index (χ0n) is 10.4. The number of hydrogen-bond acceptors (Lipinski definition) is 3. The average Bonchev–Trinajstić information content (AvgIpc) is 2.89. The first kappa shape index (κ1) is 14.3. The summed E-state index contributed by atoms with van der Waals surface area (Å²) in [6, 6.07) is 8.13. The van der Waals surface area contributed by atoms with E-state index in [1.807, 2.05) is 6.07 Å². The molecule has 1 unspecified atom stereocenters. The minimum absolute atomic E-state index is 0.104. The Morgan fingerprint density at radius 3 is 2.70 bits per heavy atom. The van der Waals surface area contributed by atoms with E-state index in [1.165, 1.54) is 6.07 Å². The summed E-state index contributed by atoms with van der Waals surface area (Å²) in [4.78, 5) is 11.2. The summed E-state index contributed by atoms with van der Waals surface area (Å²) < 4.78 is 26.8. The van der Waals surface area contributed by atoms with Crippen molar-refractivity contribution in [3.8, 4) is 0 Å². The van der Waals surface area contributed by atoms with Crippen LogP contribution in [0.4, 0.5) is 5.69 Å². The summed E-state index contributed by atoms with van der Waals surface area (Å²) in [6.07, 6.45) is 2.67. The molecule has 0 spiro atoms. The molecule has 106 valence electrons. The van der Waals surface area contributed by atoms with E-state index < -0.39 is 17.2 Å². The van der Waals surface area contributed by atoms with E-state index in [2.05, 4.69) is 4.72 Å². The van der Waals surface area contributed by atoms with Gasteiger partial charge in [-0.15, -0.1) is 0 Å². The van der Waals surface area contributed by atoms with Crippen LogP contribution in [0.5, 0.6) is 0 Å². The molecule has 0 aliphatic heterocycles. The molecule has 20 heavy (non-hydrogen) atoms. The van der Waals surface area contributed by atoms with E-state index in [9.17, 15) is 14.1 Å². The Morgan fingerprint density at radius 1 is 1.30 bits per heavy atom. The van der Waals surface area contributed by atoms with Crippen molar-refractivity contribution < 1.29 is 23.1 Å². The van der Waals surface area contributed by atoms with E-state index in [0.717, 1.165) is 5.76 Å². The Bertz CT molecular complexity index is 624. The van der Waals surface area contributed by atoms with Gasteiger partial charge in [0.1, 0.15) is 5.76 Å². The van der Waals surface area contributed by atoms with E-state index in [4.69, 9.17) is 8.97 Å². The maximum atomic E-state index is 11.2. The van der Waals surface area contributed by atoms with Crippen molar-refractivity contribution in [3.05, 3.63) is 53.5 Å². The Balaban J connectivity index is 2.19. The van der Waals surface area contributed by atoms with Gasteiger partial charge >= 0.3 is 5.97 Å². The lowest BCUT2D eigenvalue weighted by atomic mass is 10.0. The van der Waals surface area contributed by atoms with Crippen LogP contribution >= 0.6 is 0 Å². The van der Waals surface area contributed by atoms with Crippen LogP contribution in [0, 0.1) is 0 Å². The van der Waals surface area contributed by atoms with Gasteiger partial charge < -0.3 is 9.52 Å². The third-order valence-electron chi connectivity index (χ3n) is 2.77. The van der Waals surface area contributed by atoms with Gasteiger partial charge in [-0.1, -0.05) is 6.07 Å². The first-order valence-electron chi connectivity index (χ1n) is 5.82. The number of carboxylic acid groups (broad SMARTS) is 1. The number of aryl methyl sites for hydroxylation is 2. The highest BCUT2D eigenvalue weighted by Gasteiger charge is 2.12. The molecule has 0 aliphatic carbocycles. The fourth-order valence-corrected chi connectivity index (χ4v) is 2.20. The smallest absolute Gasteiger partial charge is 0.336 e. The van der Waals surface area contributed by atoms with Crippen molar-refractivity contribution in [1.29, 1.82) is 0 Å². The van der Waals surface area contributed by atoms with E-state index in [-0.39, 0.29) is 11.3 Å². The molecule has 0 aliphatic rings. The minimum Gasteiger partial charge on any atom is -0.478 e. The van der Waals surface area contributed by atoms with Gasteiger partial charge in [0, 0.05) is 12.1 Å². The quantitative estimate of drug-likeness (QED) is 0.710. The van der Waals surface area contributed by atoms with E-state index in [0.29, 0.717) is 18.4 Å². The molecule has 7 heteroatoms. The Morgan fingerprint density at radius 2 is 2.10 bits per heavy atom. The van der Waals surface area contributed by atoms with E-state index >= 15 is 0 Å². The molecule has 0 saturated carbocycles. The molecule has 1 heterocycles. The molecule has 1 atom stereocenters. The lowest BCUT2D eigenvalue weighted by molar-refractivity contribution is 0.0695. The number of carbonyl (C=O) groups is 1. The molecule has 0 saturated heterocycles. The molecule has 0 amide bonds. The average molecular weight is 295 g/mol. The van der Waals surface area contributed by atoms with Gasteiger partial charge in [-0.3, -0.25) is 9.27 Å². The second-order valence-electron chi connectivity index (χ2n) is 4.11. The van der Waals surface area contributed by atoms with Crippen LogP contribution in [0.1, 0.15) is 21.7 Å². The predicted octanol–water partition coefficient (Wildman–Crippen LogP) is 2.31. The van der Waals surface area contributed by atoms with Crippen LogP contribution in [0.25, 0.3) is 0 Å². The topological polar surface area (TPSA) is 99.8 Å². The Hall–Kier alpha value is -2.12. The zero-order chi connectivity index (χ0) is 14.5. The SMILES string of the molecule is O=C(O)c1cc(NS(=O)O)ccc1CCc1ccco1. The highest BCUT2D eigenvalue weighted by atomic mass is 32.2. The molecule has 0 fully saturated rings. The van der Waals surface area contributed by atoms with E-state index in [1.54, 1.807) is 24.5 Å². The molecule has 0 radical (unpaired) electrons. The predicted molar refractivity (Wildman–Crippen MR) is 73.9 cm³/mol. The van der Waals surface area contributed by atoms with Gasteiger partial charge in [0.05, 0.1) is 11.8 Å². The van der Waals surface area contributed by atoms with Crippen molar-refractivity contribution in [1.82, 2.24) is 0 Å². The number of aromatic carboxylic acids is 1. The van der Waals surface area contributed by atoms with Gasteiger partial charge in [-0.25, -0.2) is 9.00 Å². The Kier molecular flexibility index (Phi) is 4.54. The number of hydrogen-bond donors (Lipinski definition) is 3. The van der Waals surface area contributed by atoms with Gasteiger partial charge in [-0.2, -0.15) is 0 Å². The highest BCUT2D eigenvalue weighted by Crippen LogP contribution is 2.18. The summed E-state index contributed by atoms with van der Waals surface area (Å²) in [7, 11) is 0. The lowest BCUT2D eigenvalue weighted by Crippen LogP contribution is -2.07. The number of benzene rings is 1. The number of anilines is 1. The zero-order valence-corrected chi connectivity index (χ0v) is 11.2. The largest absolute Gasteiger partial charge is 0.478 e. The highest BCUT2D eigenvalue weighted by molar-refractivity contribution is 7.80. The monoisotopic (exact) mass is 295 g/mol. The molecule has 2 aromatic rings. The van der Waals surface area contributed by atoms with Crippen LogP contribution in [-0.2, 0) is 24.1 Å². The van der Waals surface area contributed by atoms with Gasteiger partial charge in [0.15, 0.2) is 0 Å². The molecule has 3 N–H and O–H groups in total. The number of rotatable bonds is 6. The third kappa shape index (κ3) is 3.69. The Labute approximate surface area is 117 Å². The standard InChI is InChI=1S/C13H13NO5S/c15-13(16)12-8-10(14-20(17)18)5-3-9(12)4-6-11-2-1-7-19-11/h1-3,5,7-8,14H,4,6H2,(H,15,16)(H,17,18). The molecule has 1 aromatic carbocycles. The van der Waals surface area contributed by atoms with Gasteiger partial charge in [0.2, 0.25) is 0 Å². The van der Waals surface area contributed by atoms with Gasteiger partial charge in [0.25, 0.3) is 11.3 Å². The summed E-state index contributed by atoms with van der Waals surface area (Å²) in [6.45, 7) is 0. The number of furan rings is 1. The van der Waals surface area contributed by atoms with Crippen LogP contribution in [0.2, 0.25) is 0 Å². The van der Waals surface area contributed by atoms with Crippen molar-refractivity contribution in [3.63, 3.8) is 0 Å². The van der Waals surface area contributed by atoms with Crippen molar-refractivity contribution in [2.24, 2.45) is 0 Å². The normalized spacial score (nSPS) is 12.1. The minimum atomic E-state index is -2.23. The second kappa shape index (κ2) is 6.36. The molecule has 6 nitrogen and oxygen atoms in total. The maximum Gasteiger partial charge on any atom is 0.336 e. The molecule has 0 bridgehead atoms. The van der Waals surface area contributed by atoms with Crippen LogP contribution < -0.4 is 4.72 Å². The van der Waals surface area contributed by atoms with Gasteiger partial charge in [-0.05, 0) is 36.2 Å². The van der Waals surface area contributed by atoms with Crippen molar-refractivity contribution in [2.45, 2.75) is 12.8 Å². The summed E-state index contributed by atoms with van der Waals surface area (Å²) in [5, 5.41) is 9.19. The summed E-state index contributed by atoms with van der Waals surface area (Å²) in [5.41, 5.74) is 1.03. The fraction of sp³-hybridized carbons (Fsp3) is 0.154. The molecule has 2 rings (SSSR count). The second-order valence-corrected chi connectivity index (χ2v) is 4.81. The fourth-order valence-electron chi connectivity index (χ4n) is 1.87. The first-order valence-corrected chi connectivity index (χ1v) is 6.93. The molecular formula is C13H13NO5S.